The van der Waals surface area contributed by atoms with Crippen LogP contribution in [-0.2, 0) is 72.1 Å². The average molecular weight is 1500 g/mol. The Bertz CT molecular complexity index is 4350. The molecule has 2 aromatic heterocycles. The first-order chi connectivity index (χ1) is 50.1. The van der Waals surface area contributed by atoms with Crippen LogP contribution in [-0.4, -0.2) is 208 Å². The summed E-state index contributed by atoms with van der Waals surface area (Å²) in [5.41, 5.74) is -3.37. The molecule has 2 unspecified atom stereocenters. The molecule has 566 valence electrons. The van der Waals surface area contributed by atoms with Gasteiger partial charge in [0.05, 0.1) is 55.2 Å². The number of hydrogen-bond donors (Lipinski definition) is 5. The van der Waals surface area contributed by atoms with Gasteiger partial charge in [0.2, 0.25) is 23.6 Å². The topological polar surface area (TPSA) is 404 Å². The minimum absolute atomic E-state index is 0.00161. The van der Waals surface area contributed by atoms with Gasteiger partial charge in [-0.05, 0) is 127 Å². The molecule has 10 atom stereocenters. The monoisotopic (exact) mass is 1490 g/mol. The highest BCUT2D eigenvalue weighted by Gasteiger charge is 2.63. The number of carbonyl (C=O) groups is 10. The lowest BCUT2D eigenvalue weighted by atomic mass is 10.0. The van der Waals surface area contributed by atoms with E-state index in [0.717, 1.165) is 102 Å². The fourth-order valence-electron chi connectivity index (χ4n) is 15.2. The maximum atomic E-state index is 14.5. The number of allylic oxidation sites excluding steroid dienone is 2. The lowest BCUT2D eigenvalue weighted by Crippen LogP contribution is -2.56. The molecule has 30 nitrogen and oxygen atoms in total. The van der Waals surface area contributed by atoms with Gasteiger partial charge in [0, 0.05) is 60.1 Å². The molecular weight excluding hydrogens is 1400 g/mol. The second-order valence-electron chi connectivity index (χ2n) is 28.3. The van der Waals surface area contributed by atoms with Gasteiger partial charge in [0.1, 0.15) is 71.2 Å². The smallest absolute Gasteiger partial charge is 0.408 e. The van der Waals surface area contributed by atoms with Crippen molar-refractivity contribution in [1.29, 1.82) is 0 Å². The number of amides is 6. The number of carbonyl (C=O) groups excluding carboxylic acids is 9. The van der Waals surface area contributed by atoms with Gasteiger partial charge in [0.25, 0.3) is 0 Å². The van der Waals surface area contributed by atoms with E-state index in [4.69, 9.17) is 33.2 Å². The van der Waals surface area contributed by atoms with Crippen LogP contribution in [0.15, 0.2) is 82.6 Å². The molecule has 32 heteroatoms. The van der Waals surface area contributed by atoms with Gasteiger partial charge in [-0.25, -0.2) is 55.6 Å². The van der Waals surface area contributed by atoms with E-state index in [1.807, 2.05) is 24.3 Å². The number of benzene rings is 2. The normalized spacial score (nSPS) is 27.5. The minimum Gasteiger partial charge on any atom is -0.488 e. The number of nitrogens with one attached hydrogen (secondary N) is 4. The SMILES string of the molecule is COC(=O)[C@@]12CC1/C=C\CCCCC[C@H](NC(=O)OC1CCCC1)C(=O)N1C[C@H](Oc3cc(C(=O)O)nc4c(S(C)(=O)=O)cccc34)C[C@H]1C(=O)N2.COC(=O)c1cc(O[C@@H]2C[C@H]3C(=O)N[C@]4(C(=O)OC)CC4/C=C\CCCCC[C@H](NC(=O)OC4CCCC4)C(=O)N3C2)c2cccc(S(C)(=O)=O)c2n1. The van der Waals surface area contributed by atoms with E-state index in [-0.39, 0.29) is 98.8 Å². The lowest BCUT2D eigenvalue weighted by Gasteiger charge is -2.29. The molecule has 0 spiro atoms. The zero-order valence-corrected chi connectivity index (χ0v) is 60.9. The van der Waals surface area contributed by atoms with Gasteiger partial charge in [-0.2, -0.15) is 0 Å². The molecule has 105 heavy (non-hydrogen) atoms. The Balaban J connectivity index is 0.000000210. The van der Waals surface area contributed by atoms with E-state index >= 15 is 0 Å². The number of carboxylic acid groups (broad SMARTS) is 1. The van der Waals surface area contributed by atoms with Gasteiger partial charge in [-0.15, -0.1) is 0 Å². The largest absolute Gasteiger partial charge is 0.488 e. The summed E-state index contributed by atoms with van der Waals surface area (Å²) in [6.45, 7) is -0.246. The predicted octanol–water partition coefficient (Wildman–Crippen LogP) is 6.67. The molecule has 6 heterocycles. The Morgan fingerprint density at radius 2 is 0.933 bits per heavy atom. The number of aromatic nitrogens is 2. The first-order valence-corrected chi connectivity index (χ1v) is 39.6. The molecule has 6 amide bonds. The van der Waals surface area contributed by atoms with E-state index < -0.39 is 133 Å². The van der Waals surface area contributed by atoms with Gasteiger partial charge in [0.15, 0.2) is 31.1 Å². The Labute approximate surface area is 607 Å². The number of alkyl carbamates (subject to hydrolysis) is 2. The maximum absolute atomic E-state index is 14.5. The van der Waals surface area contributed by atoms with E-state index in [2.05, 4.69) is 31.2 Å². The van der Waals surface area contributed by atoms with Crippen molar-refractivity contribution in [1.82, 2.24) is 41.0 Å². The predicted molar refractivity (Wildman–Crippen MR) is 375 cm³/mol. The molecule has 2 aromatic carbocycles. The van der Waals surface area contributed by atoms with Crippen LogP contribution in [0.2, 0.25) is 0 Å². The van der Waals surface area contributed by atoms with Crippen molar-refractivity contribution in [2.24, 2.45) is 11.8 Å². The number of aromatic carboxylic acids is 1. The molecular formula is C73H90N8O22S2. The molecule has 0 radical (unpaired) electrons. The minimum atomic E-state index is -3.82. The zero-order chi connectivity index (χ0) is 75.1. The molecule has 12 rings (SSSR count). The van der Waals surface area contributed by atoms with Crippen LogP contribution in [0.3, 0.4) is 0 Å². The number of para-hydroxylation sites is 2. The third-order valence-electron chi connectivity index (χ3n) is 20.8. The van der Waals surface area contributed by atoms with Gasteiger partial charge >= 0.3 is 36.1 Å². The molecule has 0 bridgehead atoms. The highest BCUT2D eigenvalue weighted by Crippen LogP contribution is 2.48. The quantitative estimate of drug-likeness (QED) is 0.0500. The van der Waals surface area contributed by atoms with E-state index in [1.165, 1.54) is 67.5 Å². The number of sulfone groups is 2. The maximum Gasteiger partial charge on any atom is 0.408 e. The van der Waals surface area contributed by atoms with Crippen LogP contribution in [0.4, 0.5) is 9.59 Å². The molecule has 2 saturated heterocycles. The summed E-state index contributed by atoms with van der Waals surface area (Å²) in [4.78, 5) is 145. The number of hydrogen-bond acceptors (Lipinski definition) is 23. The van der Waals surface area contributed by atoms with E-state index in [9.17, 15) is 69.9 Å². The second-order valence-corrected chi connectivity index (χ2v) is 32.3. The highest BCUT2D eigenvalue weighted by molar-refractivity contribution is 7.91. The summed E-state index contributed by atoms with van der Waals surface area (Å²) in [6, 6.07) is 7.02. The third kappa shape index (κ3) is 17.6. The molecule has 8 aliphatic rings. The van der Waals surface area contributed by atoms with Crippen LogP contribution in [0, 0.1) is 11.8 Å². The first kappa shape index (κ1) is 76.7. The highest BCUT2D eigenvalue weighted by atomic mass is 32.2. The number of methoxy groups -OCH3 is 3. The third-order valence-corrected chi connectivity index (χ3v) is 23.1. The van der Waals surface area contributed by atoms with Gasteiger partial charge in [-0.3, -0.25) is 19.2 Å². The summed E-state index contributed by atoms with van der Waals surface area (Å²) in [5, 5.41) is 21.6. The van der Waals surface area contributed by atoms with Crippen molar-refractivity contribution in [3.05, 3.63) is 84.2 Å². The lowest BCUT2D eigenvalue weighted by molar-refractivity contribution is -0.148. The van der Waals surface area contributed by atoms with Crippen molar-refractivity contribution < 1.29 is 103 Å². The van der Waals surface area contributed by atoms with Crippen LogP contribution >= 0.6 is 0 Å². The molecule has 4 saturated carbocycles. The van der Waals surface area contributed by atoms with Gasteiger partial charge < -0.3 is 69.3 Å². The van der Waals surface area contributed by atoms with Crippen LogP contribution in [0.1, 0.15) is 162 Å². The fourth-order valence-corrected chi connectivity index (χ4v) is 16.8. The summed E-state index contributed by atoms with van der Waals surface area (Å²) >= 11 is 0. The molecule has 5 N–H and O–H groups in total. The van der Waals surface area contributed by atoms with Crippen molar-refractivity contribution >= 4 is 101 Å². The molecule has 4 aliphatic carbocycles. The first-order valence-electron chi connectivity index (χ1n) is 35.8. The number of fused-ring (bicyclic) bond motifs is 6. The Hall–Kier alpha value is -9.46. The number of ether oxygens (including phenoxy) is 7. The Morgan fingerprint density at radius 3 is 1.32 bits per heavy atom. The van der Waals surface area contributed by atoms with Gasteiger partial charge in [-0.1, -0.05) is 62.1 Å². The zero-order valence-electron chi connectivity index (χ0n) is 59.3. The summed E-state index contributed by atoms with van der Waals surface area (Å²) in [6.07, 6.45) is 20.1. The molecule has 6 fully saturated rings. The van der Waals surface area contributed by atoms with Crippen LogP contribution in [0.5, 0.6) is 11.5 Å². The molecule has 4 aliphatic heterocycles. The summed E-state index contributed by atoms with van der Waals surface area (Å²) in [7, 11) is -3.94. The number of carboxylic acids is 1. The summed E-state index contributed by atoms with van der Waals surface area (Å²) in [5.74, 6) is -6.19. The Morgan fingerprint density at radius 1 is 0.533 bits per heavy atom. The second kappa shape index (κ2) is 32.5. The van der Waals surface area contributed by atoms with E-state index in [0.29, 0.717) is 38.5 Å². The fraction of sp³-hybridized carbons (Fsp3) is 0.562. The number of rotatable bonds is 14. The summed E-state index contributed by atoms with van der Waals surface area (Å²) < 4.78 is 89.6. The van der Waals surface area contributed by atoms with Crippen LogP contribution in [0.25, 0.3) is 21.8 Å². The van der Waals surface area contributed by atoms with Crippen molar-refractivity contribution in [3.63, 3.8) is 0 Å². The van der Waals surface area contributed by atoms with Crippen LogP contribution < -0.4 is 30.7 Å². The average Bonchev–Trinajstić information content (AvgIpc) is 1.59. The number of pyridine rings is 2. The number of esters is 3. The van der Waals surface area contributed by atoms with E-state index in [1.54, 1.807) is 12.1 Å². The standard InChI is InChI=1S/C37H46N4O11S.C36H44N4O11S/c1-49-34(44)27-19-29(25-15-11-17-30(31(25)38-27)53(3,47)48)51-24-18-28-32(42)40-37(35(45)50-2)20-22(37)12-7-5-4-6-8-16-26(33(43)41(28)21-24)39-36(46)52-23-13-9-10-14-23;1-49-34(45)36-19-21(36)11-6-4-3-5-7-15-25(38-35(46)51-22-12-8-9-13-22)32(42)40-20-23(17-27(40)31(41)39-36)50-28-18-26(33(43)44)37-30-24(28)14-10-16-29(30)52(2,47)48/h7,11-12,15,17,19,22-24,26,28H,4-6,8-10,13-14,16,18,20-21H2,1-3H3,(H,39,46)(H,40,42);6,10-11,14,16,18,21-23,25,27H,3-5,7-9,12-13,15,17,19-20H2,1-2H3,(H,38,46)(H,39,41)(H,43,44)/b12-7-;11-6-/t22?,24-,26+,28+,37-;21?,23-,25+,27+,36-/m11/s1. The number of nitrogens with zero attached hydrogens (tertiary/aromatic N) is 4. The van der Waals surface area contributed by atoms with Crippen molar-refractivity contribution in [2.45, 2.75) is 211 Å². The Kier molecular flexibility index (Phi) is 23.7. The molecule has 4 aromatic rings. The van der Waals surface area contributed by atoms with Crippen molar-refractivity contribution in [3.8, 4) is 11.5 Å². The van der Waals surface area contributed by atoms with Crippen molar-refractivity contribution in [2.75, 3.05) is 46.9 Å².